The Morgan fingerprint density at radius 1 is 1.24 bits per heavy atom. The fraction of sp³-hybridized carbons (Fsp3) is 0.714. The van der Waals surface area contributed by atoms with Crippen molar-refractivity contribution in [3.8, 4) is 0 Å². The summed E-state index contributed by atoms with van der Waals surface area (Å²) in [6.07, 6.45) is 1.35. The van der Waals surface area contributed by atoms with Crippen molar-refractivity contribution in [1.29, 1.82) is 0 Å². The molecule has 0 saturated carbocycles. The van der Waals surface area contributed by atoms with E-state index in [1.807, 2.05) is 0 Å². The molecule has 0 spiro atoms. The third-order valence-corrected chi connectivity index (χ3v) is 4.96. The van der Waals surface area contributed by atoms with Crippen LogP contribution in [0.15, 0.2) is 11.8 Å². The molecule has 4 atom stereocenters. The minimum Gasteiger partial charge on any atom is -0.477 e. The maximum Gasteiger partial charge on any atom is 0.407 e. The van der Waals surface area contributed by atoms with Gasteiger partial charge in [-0.2, -0.15) is 0 Å². The number of esters is 1. The summed E-state index contributed by atoms with van der Waals surface area (Å²) in [6.45, 7) is 2.31. The van der Waals surface area contributed by atoms with Crippen molar-refractivity contribution in [3.63, 3.8) is 0 Å². The van der Waals surface area contributed by atoms with Gasteiger partial charge >= 0.3 is 12.1 Å². The Bertz CT molecular complexity index is 671. The van der Waals surface area contributed by atoms with Crippen molar-refractivity contribution in [2.45, 2.75) is 63.4 Å². The van der Waals surface area contributed by atoms with Gasteiger partial charge in [0, 0.05) is 20.6 Å². The summed E-state index contributed by atoms with van der Waals surface area (Å²) < 4.78 is 26.3. The third kappa shape index (κ3) is 10.1. The lowest BCUT2D eigenvalue weighted by atomic mass is 9.95. The molecule has 188 valence electrons. The lowest BCUT2D eigenvalue weighted by molar-refractivity contribution is -0.153. The normalized spacial score (nSPS) is 19.2. The summed E-state index contributed by atoms with van der Waals surface area (Å²) in [5, 5.41) is 5.38. The van der Waals surface area contributed by atoms with Crippen molar-refractivity contribution in [1.82, 2.24) is 10.6 Å². The molecule has 0 aliphatic carbocycles. The molecule has 2 amide bonds. The van der Waals surface area contributed by atoms with E-state index in [0.29, 0.717) is 13.1 Å². The average Bonchev–Trinajstić information content (AvgIpc) is 2.80. The Morgan fingerprint density at radius 3 is 2.58 bits per heavy atom. The number of nitrogens with one attached hydrogen (secondary N) is 2. The zero-order valence-corrected chi connectivity index (χ0v) is 19.4. The number of hydrogen-bond donors (Lipinski definition) is 3. The standard InChI is InChI=1S/C21H35N3O9/c1-14(26)24-15-8-9-16(20(27)30-3)32-18(15)19(17(29-2)12-31-13-25)33-21(28)23-11-7-5-4-6-10-22/h9,13,15,17-19H,4-8,10-12,22H2,1-3H3,(H,23,28)(H,24,26)/t15?,17?,18?,19-/m0/s1. The molecule has 0 aromatic carbocycles. The quantitative estimate of drug-likeness (QED) is 0.129. The minimum absolute atomic E-state index is 0.0934. The van der Waals surface area contributed by atoms with Crippen molar-refractivity contribution in [2.75, 3.05) is 33.9 Å². The van der Waals surface area contributed by atoms with Crippen LogP contribution in [0.4, 0.5) is 4.79 Å². The van der Waals surface area contributed by atoms with E-state index >= 15 is 0 Å². The number of rotatable bonds is 15. The largest absolute Gasteiger partial charge is 0.477 e. The van der Waals surface area contributed by atoms with Crippen molar-refractivity contribution >= 4 is 24.4 Å². The molecule has 0 saturated heterocycles. The van der Waals surface area contributed by atoms with Gasteiger partial charge in [-0.1, -0.05) is 12.8 Å². The first-order chi connectivity index (χ1) is 15.9. The number of alkyl carbamates (subject to hydrolysis) is 1. The molecule has 3 unspecified atom stereocenters. The highest BCUT2D eigenvalue weighted by Crippen LogP contribution is 2.26. The van der Waals surface area contributed by atoms with Gasteiger partial charge in [-0.25, -0.2) is 9.59 Å². The molecule has 0 bridgehead atoms. The molecule has 0 radical (unpaired) electrons. The molecule has 4 N–H and O–H groups in total. The number of hydrogen-bond acceptors (Lipinski definition) is 10. The fourth-order valence-electron chi connectivity index (χ4n) is 3.34. The van der Waals surface area contributed by atoms with E-state index in [4.69, 9.17) is 29.4 Å². The van der Waals surface area contributed by atoms with E-state index in [9.17, 15) is 19.2 Å². The number of nitrogens with two attached hydrogens (primary N) is 1. The van der Waals surface area contributed by atoms with E-state index in [-0.39, 0.29) is 31.2 Å². The molecular formula is C21H35N3O9. The maximum atomic E-state index is 12.5. The molecular weight excluding hydrogens is 438 g/mol. The molecule has 33 heavy (non-hydrogen) atoms. The predicted octanol–water partition coefficient (Wildman–Crippen LogP) is 0.139. The third-order valence-electron chi connectivity index (χ3n) is 4.96. The van der Waals surface area contributed by atoms with Gasteiger partial charge in [0.05, 0.1) is 13.2 Å². The maximum absolute atomic E-state index is 12.5. The average molecular weight is 474 g/mol. The molecule has 1 heterocycles. The Labute approximate surface area is 193 Å². The molecule has 1 aliphatic heterocycles. The second kappa shape index (κ2) is 15.9. The molecule has 0 aromatic heterocycles. The van der Waals surface area contributed by atoms with E-state index < -0.39 is 36.4 Å². The number of amides is 2. The lowest BCUT2D eigenvalue weighted by Gasteiger charge is -2.38. The summed E-state index contributed by atoms with van der Waals surface area (Å²) in [5.74, 6) is -1.16. The van der Waals surface area contributed by atoms with Gasteiger partial charge in [0.2, 0.25) is 11.7 Å². The van der Waals surface area contributed by atoms with Crippen LogP contribution in [0.3, 0.4) is 0 Å². The molecule has 12 heteroatoms. The van der Waals surface area contributed by atoms with Gasteiger partial charge in [0.15, 0.2) is 12.2 Å². The Balaban J connectivity index is 3.01. The van der Waals surface area contributed by atoms with Gasteiger partial charge in [-0.3, -0.25) is 9.59 Å². The number of carbonyl (C=O) groups excluding carboxylic acids is 4. The Hall–Kier alpha value is -2.86. The van der Waals surface area contributed by atoms with Gasteiger partial charge in [-0.05, 0) is 31.9 Å². The molecule has 1 aliphatic rings. The van der Waals surface area contributed by atoms with Gasteiger partial charge in [0.25, 0.3) is 6.47 Å². The summed E-state index contributed by atoms with van der Waals surface area (Å²) >= 11 is 0. The highest BCUT2D eigenvalue weighted by Gasteiger charge is 2.43. The number of unbranched alkanes of at least 4 members (excludes halogenated alkanes) is 3. The lowest BCUT2D eigenvalue weighted by Crippen LogP contribution is -2.57. The van der Waals surface area contributed by atoms with Crippen LogP contribution in [-0.4, -0.2) is 82.7 Å². The first-order valence-corrected chi connectivity index (χ1v) is 10.8. The first kappa shape index (κ1) is 28.2. The van der Waals surface area contributed by atoms with E-state index in [1.165, 1.54) is 27.2 Å². The van der Waals surface area contributed by atoms with Crippen LogP contribution in [0.1, 0.15) is 39.0 Å². The molecule has 12 nitrogen and oxygen atoms in total. The number of ether oxygens (including phenoxy) is 5. The van der Waals surface area contributed by atoms with Crippen molar-refractivity contribution < 1.29 is 42.9 Å². The van der Waals surface area contributed by atoms with Crippen LogP contribution >= 0.6 is 0 Å². The van der Waals surface area contributed by atoms with Crippen LogP contribution < -0.4 is 16.4 Å². The molecule has 1 rings (SSSR count). The highest BCUT2D eigenvalue weighted by atomic mass is 16.6. The zero-order chi connectivity index (χ0) is 24.6. The van der Waals surface area contributed by atoms with E-state index in [1.54, 1.807) is 0 Å². The number of carbonyl (C=O) groups is 4. The first-order valence-electron chi connectivity index (χ1n) is 10.8. The monoisotopic (exact) mass is 473 g/mol. The second-order valence-corrected chi connectivity index (χ2v) is 7.39. The Kier molecular flexibility index (Phi) is 13.5. The minimum atomic E-state index is -1.14. The summed E-state index contributed by atoms with van der Waals surface area (Å²) in [5.41, 5.74) is 5.47. The predicted molar refractivity (Wildman–Crippen MR) is 116 cm³/mol. The molecule has 0 aromatic rings. The van der Waals surface area contributed by atoms with Gasteiger partial charge < -0.3 is 40.1 Å². The van der Waals surface area contributed by atoms with Crippen LogP contribution in [0.2, 0.25) is 0 Å². The molecule has 0 fully saturated rings. The summed E-state index contributed by atoms with van der Waals surface area (Å²) in [7, 11) is 2.55. The van der Waals surface area contributed by atoms with Gasteiger partial charge in [0.1, 0.15) is 12.7 Å². The van der Waals surface area contributed by atoms with E-state index in [2.05, 4.69) is 10.6 Å². The summed E-state index contributed by atoms with van der Waals surface area (Å²) in [4.78, 5) is 47.0. The summed E-state index contributed by atoms with van der Waals surface area (Å²) in [6, 6.07) is -0.654. The SMILES string of the molecule is COC(=O)C1=CCC(NC(C)=O)C([C@@H](OC(=O)NCCCCCCN)C(COC=O)OC)O1. The van der Waals surface area contributed by atoms with Crippen LogP contribution in [0, 0.1) is 0 Å². The van der Waals surface area contributed by atoms with Crippen LogP contribution in [0.25, 0.3) is 0 Å². The van der Waals surface area contributed by atoms with Crippen molar-refractivity contribution in [3.05, 3.63) is 11.8 Å². The van der Waals surface area contributed by atoms with Crippen molar-refractivity contribution in [2.24, 2.45) is 5.73 Å². The van der Waals surface area contributed by atoms with Crippen LogP contribution in [-0.2, 0) is 38.1 Å². The number of methoxy groups -OCH3 is 2. The van der Waals surface area contributed by atoms with E-state index in [0.717, 1.165) is 25.7 Å². The van der Waals surface area contributed by atoms with Crippen LogP contribution in [0.5, 0.6) is 0 Å². The highest BCUT2D eigenvalue weighted by molar-refractivity contribution is 5.86. The topological polar surface area (TPSA) is 165 Å². The Morgan fingerprint density at radius 2 is 1.97 bits per heavy atom. The fourth-order valence-corrected chi connectivity index (χ4v) is 3.34. The smallest absolute Gasteiger partial charge is 0.407 e. The zero-order valence-electron chi connectivity index (χ0n) is 19.4. The van der Waals surface area contributed by atoms with Gasteiger partial charge in [-0.15, -0.1) is 0 Å². The second-order valence-electron chi connectivity index (χ2n) is 7.39.